The van der Waals surface area contributed by atoms with E-state index < -0.39 is 193 Å². The summed E-state index contributed by atoms with van der Waals surface area (Å²) in [6.07, 6.45) is 6.48. The molecule has 3 aliphatic rings. The van der Waals surface area contributed by atoms with Crippen LogP contribution in [0.2, 0.25) is 0 Å². The fraction of sp³-hybridized carbons (Fsp3) is 0.649. The summed E-state index contributed by atoms with van der Waals surface area (Å²) in [5.74, 6) is -14.8. The van der Waals surface area contributed by atoms with Gasteiger partial charge in [0.15, 0.2) is 0 Å². The zero-order chi connectivity index (χ0) is 77.9. The molecule has 3 aliphatic heterocycles. The van der Waals surface area contributed by atoms with Gasteiger partial charge in [0.2, 0.25) is 65.0 Å². The van der Waals surface area contributed by atoms with Crippen molar-refractivity contribution < 1.29 is 92.3 Å². The summed E-state index contributed by atoms with van der Waals surface area (Å²) in [5.41, 5.74) is 12.1. The number of hydrogen-bond donors (Lipinski definition) is 15. The third-order valence-electron chi connectivity index (χ3n) is 18.8. The maximum Gasteiger partial charge on any atom is 0.334 e. The van der Waals surface area contributed by atoms with Gasteiger partial charge in [0.1, 0.15) is 71.9 Å². The van der Waals surface area contributed by atoms with Gasteiger partial charge in [0.05, 0.1) is 6.10 Å². The number of unbranched alkanes of at least 4 members (excludes halogenated alkanes) is 9. The average molecular weight is 1480 g/mol. The van der Waals surface area contributed by atoms with Gasteiger partial charge in [-0.2, -0.15) is 0 Å². The molecule has 31 heteroatoms. The summed E-state index contributed by atoms with van der Waals surface area (Å²) in [6.45, 7) is 12.0. The number of nitrogens with two attached hydrogens (primary N) is 2. The minimum Gasteiger partial charge on any atom is -0.508 e. The number of rotatable bonds is 36. The standard InChI is InChI=1S/C74H114N12O19/c1-8-45(6)63-74(104)105-50-31-27-48(28-32-50)42-56(81-65(95)51(22-19-39-75)78-66(96)52(34-37-60(91)92)77-59(90)24-18-16-14-12-10-9-11-13-15-17-21-43(2)3)70(100)85-64(46(7)87)72(102)80-54(35-38-61(93)94)68(98)83-62(44(4)5)73(103)86-40-20-23-57(86)71(101)79-53(33-36-58(76)89)67(97)82-55(69(99)84-63)41-47-25-29-49(88)30-26-47/h25-32,43-46,51-57,62-64,87-88H,8-24,33-42,75H2,1-7H3,(H2,76,89)(H,77,90)(H,78,96)(H,79,101)(H,80,102)(H,81,95)(H,82,97)(H,83,98)(H,84,99)(H,85,100)(H,91,92)(H,93,94). The molecule has 17 N–H and O–H groups in total. The first kappa shape index (κ1) is 88.1. The molecule has 0 spiro atoms. The van der Waals surface area contributed by atoms with E-state index in [1.54, 1.807) is 27.7 Å². The lowest BCUT2D eigenvalue weighted by molar-refractivity contribution is -0.144. The third-order valence-corrected chi connectivity index (χ3v) is 18.8. The Bertz CT molecular complexity index is 3220. The van der Waals surface area contributed by atoms with Gasteiger partial charge in [0, 0.05) is 45.1 Å². The number of aliphatic carboxylic acids is 2. The molecule has 0 radical (unpaired) electrons. The number of phenols is 1. The highest BCUT2D eigenvalue weighted by Gasteiger charge is 2.42. The highest BCUT2D eigenvalue weighted by molar-refractivity contribution is 6.00. The first-order chi connectivity index (χ1) is 49.8. The van der Waals surface area contributed by atoms with E-state index in [0.717, 1.165) is 43.9 Å². The van der Waals surface area contributed by atoms with Crippen LogP contribution < -0.4 is 64.1 Å². The summed E-state index contributed by atoms with van der Waals surface area (Å²) in [7, 11) is 0. The van der Waals surface area contributed by atoms with Crippen LogP contribution in [0.5, 0.6) is 11.5 Å². The number of benzene rings is 2. The van der Waals surface area contributed by atoms with Crippen LogP contribution in [-0.2, 0) is 80.0 Å². The number of aliphatic hydroxyl groups excluding tert-OH is 1. The quantitative estimate of drug-likeness (QED) is 0.0202. The van der Waals surface area contributed by atoms with E-state index in [4.69, 9.17) is 16.2 Å². The van der Waals surface area contributed by atoms with Gasteiger partial charge in [-0.1, -0.05) is 136 Å². The molecule has 105 heavy (non-hydrogen) atoms. The van der Waals surface area contributed by atoms with Crippen LogP contribution in [0.4, 0.5) is 0 Å². The van der Waals surface area contributed by atoms with Crippen molar-refractivity contribution in [2.45, 2.75) is 276 Å². The SMILES string of the molecule is CCC(C)C1NC(=O)C(Cc2ccc(O)cc2)NC(=O)C(CCC(N)=O)NC(=O)C2CCCN2C(=O)C(C(C)C)NC(=O)C(CCC(=O)O)NC(=O)C(C(C)O)NC(=O)C(NC(=O)C(CCCN)NC(=O)C(CCC(=O)O)NC(=O)CCCCCCCCCCCCC(C)C)Cc2ccc(cc2)OC1=O. The van der Waals surface area contributed by atoms with Gasteiger partial charge in [0.25, 0.3) is 0 Å². The predicted molar refractivity (Wildman–Crippen MR) is 386 cm³/mol. The number of hydrogen-bond acceptors (Lipinski definition) is 18. The first-order valence-electron chi connectivity index (χ1n) is 37.0. The lowest BCUT2D eigenvalue weighted by atomic mass is 9.97. The lowest BCUT2D eigenvalue weighted by Crippen LogP contribution is -2.62. The number of aliphatic hydroxyl groups is 1. The zero-order valence-electron chi connectivity index (χ0n) is 61.8. The minimum absolute atomic E-state index is 0.00620. The van der Waals surface area contributed by atoms with E-state index in [1.165, 1.54) is 80.6 Å². The Kier molecular flexibility index (Phi) is 38.5. The molecule has 2 bridgehead atoms. The minimum atomic E-state index is -1.97. The predicted octanol–water partition coefficient (Wildman–Crippen LogP) is 2.60. The van der Waals surface area contributed by atoms with Crippen molar-refractivity contribution in [3.63, 3.8) is 0 Å². The molecule has 2 aromatic rings. The van der Waals surface area contributed by atoms with Gasteiger partial charge < -0.3 is 89.4 Å². The van der Waals surface area contributed by atoms with Crippen LogP contribution in [-0.4, -0.2) is 188 Å². The van der Waals surface area contributed by atoms with Crippen LogP contribution in [0.25, 0.3) is 0 Å². The van der Waals surface area contributed by atoms with Crippen LogP contribution in [0.15, 0.2) is 48.5 Å². The third kappa shape index (κ3) is 31.5. The molecule has 3 heterocycles. The molecule has 584 valence electrons. The summed E-state index contributed by atoms with van der Waals surface area (Å²) >= 11 is 0. The molecule has 11 amide bonds. The summed E-state index contributed by atoms with van der Waals surface area (Å²) in [5, 5.41) is 64.0. The Morgan fingerprint density at radius 2 is 1.12 bits per heavy atom. The molecule has 2 aromatic carbocycles. The summed E-state index contributed by atoms with van der Waals surface area (Å²) < 4.78 is 5.84. The summed E-state index contributed by atoms with van der Waals surface area (Å²) in [4.78, 5) is 196. The Hall–Kier alpha value is -9.26. The number of ether oxygens (including phenoxy) is 1. The van der Waals surface area contributed by atoms with Gasteiger partial charge in [-0.25, -0.2) is 4.79 Å². The van der Waals surface area contributed by atoms with Crippen molar-refractivity contribution in [1.29, 1.82) is 0 Å². The second-order valence-electron chi connectivity index (χ2n) is 28.4. The van der Waals surface area contributed by atoms with E-state index in [0.29, 0.717) is 24.3 Å². The molecule has 1 saturated heterocycles. The van der Waals surface area contributed by atoms with Crippen LogP contribution in [0, 0.1) is 17.8 Å². The number of carbonyl (C=O) groups excluding carboxylic acids is 12. The van der Waals surface area contributed by atoms with E-state index in [9.17, 15) is 87.5 Å². The monoisotopic (exact) mass is 1470 g/mol. The first-order valence-corrected chi connectivity index (χ1v) is 37.0. The smallest absolute Gasteiger partial charge is 0.334 e. The zero-order valence-corrected chi connectivity index (χ0v) is 61.8. The van der Waals surface area contributed by atoms with Gasteiger partial charge in [-0.05, 0) is 118 Å². The number of aromatic hydroxyl groups is 1. The highest BCUT2D eigenvalue weighted by atomic mass is 16.5. The Labute approximate surface area is 614 Å². The topological polar surface area (TPSA) is 493 Å². The molecule has 0 aliphatic carbocycles. The number of nitrogens with zero attached hydrogens (tertiary/aromatic N) is 1. The molecular weight excluding hydrogens is 1360 g/mol. The van der Waals surface area contributed by atoms with Gasteiger partial charge in [-0.15, -0.1) is 0 Å². The Morgan fingerprint density at radius 3 is 1.70 bits per heavy atom. The van der Waals surface area contributed by atoms with Crippen molar-refractivity contribution in [1.82, 2.24) is 52.8 Å². The van der Waals surface area contributed by atoms with Gasteiger partial charge in [-0.3, -0.25) is 62.3 Å². The molecular formula is C74H114N12O19. The highest BCUT2D eigenvalue weighted by Crippen LogP contribution is 2.24. The van der Waals surface area contributed by atoms with Crippen molar-refractivity contribution in [2.24, 2.45) is 29.2 Å². The molecule has 0 aromatic heterocycles. The number of amides is 11. The molecule has 12 atom stereocenters. The molecule has 1 fully saturated rings. The summed E-state index contributed by atoms with van der Waals surface area (Å²) in [6, 6.07) is -4.51. The Morgan fingerprint density at radius 1 is 0.581 bits per heavy atom. The van der Waals surface area contributed by atoms with Crippen LogP contribution in [0.3, 0.4) is 0 Å². The number of carboxylic acids is 2. The fourth-order valence-corrected chi connectivity index (χ4v) is 12.3. The molecule has 12 unspecified atom stereocenters. The van der Waals surface area contributed by atoms with Crippen molar-refractivity contribution in [3.05, 3.63) is 59.7 Å². The Balaban J connectivity index is 1.77. The number of nitrogens with one attached hydrogen (secondary N) is 9. The average Bonchev–Trinajstić information content (AvgIpc) is 1.72. The number of esters is 1. The van der Waals surface area contributed by atoms with E-state index in [-0.39, 0.29) is 81.5 Å². The van der Waals surface area contributed by atoms with E-state index >= 15 is 0 Å². The van der Waals surface area contributed by atoms with Crippen molar-refractivity contribution >= 4 is 82.9 Å². The lowest BCUT2D eigenvalue weighted by Gasteiger charge is -2.32. The second kappa shape index (κ2) is 45.9. The number of fused-ring (bicyclic) bond motifs is 23. The number of primary amides is 1. The maximum absolute atomic E-state index is 14.9. The molecule has 31 nitrogen and oxygen atoms in total. The maximum atomic E-state index is 14.9. The second-order valence-corrected chi connectivity index (χ2v) is 28.4. The van der Waals surface area contributed by atoms with E-state index in [2.05, 4.69) is 61.7 Å². The van der Waals surface area contributed by atoms with E-state index in [1.807, 2.05) is 0 Å². The van der Waals surface area contributed by atoms with Crippen LogP contribution in [0.1, 0.15) is 207 Å². The fourth-order valence-electron chi connectivity index (χ4n) is 12.3. The molecule has 5 rings (SSSR count). The number of carboxylic acid groups (broad SMARTS) is 2. The molecule has 0 saturated carbocycles. The van der Waals surface area contributed by atoms with Crippen molar-refractivity contribution in [3.8, 4) is 11.5 Å². The largest absolute Gasteiger partial charge is 0.508 e. The van der Waals surface area contributed by atoms with Crippen molar-refractivity contribution in [2.75, 3.05) is 13.1 Å². The van der Waals surface area contributed by atoms with Gasteiger partial charge >= 0.3 is 17.9 Å². The van der Waals surface area contributed by atoms with Crippen LogP contribution >= 0.6 is 0 Å². The normalized spacial score (nSPS) is 21.6. The number of carbonyl (C=O) groups is 14. The number of phenolic OH excluding ortho intramolecular Hbond substituents is 1.